The molecular weight excluding hydrogens is 354 g/mol. The number of hydrogen-bond donors (Lipinski definition) is 1. The van der Waals surface area contributed by atoms with Crippen LogP contribution in [0.15, 0.2) is 48.5 Å². The molecule has 0 aliphatic rings. The highest BCUT2D eigenvalue weighted by atomic mass is 35.5. The third-order valence-corrected chi connectivity index (χ3v) is 5.56. The highest BCUT2D eigenvalue weighted by Crippen LogP contribution is 2.25. The Hall–Kier alpha value is -2.00. The second-order valence-corrected chi connectivity index (χ2v) is 7.24. The second-order valence-electron chi connectivity index (χ2n) is 7.24. The maximum absolute atomic E-state index is 8.58. The Bertz CT molecular complexity index is 648. The summed E-state index contributed by atoms with van der Waals surface area (Å²) in [6, 6.07) is 17.1. The van der Waals surface area contributed by atoms with Crippen LogP contribution >= 0.6 is 12.4 Å². The van der Waals surface area contributed by atoms with Crippen LogP contribution in [0.3, 0.4) is 0 Å². The molecule has 4 heteroatoms. The van der Waals surface area contributed by atoms with Gasteiger partial charge in [0.1, 0.15) is 0 Å². The molecule has 0 radical (unpaired) electrons. The van der Waals surface area contributed by atoms with Crippen LogP contribution < -0.4 is 9.80 Å². The minimum atomic E-state index is 0. The zero-order chi connectivity index (χ0) is 19.3. The van der Waals surface area contributed by atoms with Crippen LogP contribution in [0, 0.1) is 5.41 Å². The number of nitrogens with zero attached hydrogens (tertiary/aromatic N) is 2. The molecule has 0 heterocycles. The average molecular weight is 388 g/mol. The summed E-state index contributed by atoms with van der Waals surface area (Å²) in [7, 11) is 3.90. The summed E-state index contributed by atoms with van der Waals surface area (Å²) >= 11 is 0. The van der Waals surface area contributed by atoms with E-state index < -0.39 is 0 Å². The van der Waals surface area contributed by atoms with E-state index >= 15 is 0 Å². The van der Waals surface area contributed by atoms with Crippen molar-refractivity contribution >= 4 is 29.7 Å². The van der Waals surface area contributed by atoms with Crippen LogP contribution in [-0.4, -0.2) is 20.1 Å². The Labute approximate surface area is 171 Å². The van der Waals surface area contributed by atoms with E-state index in [1.54, 1.807) is 0 Å². The Morgan fingerprint density at radius 1 is 0.741 bits per heavy atom. The van der Waals surface area contributed by atoms with Crippen LogP contribution in [0.25, 0.3) is 0 Å². The standard InChI is InChI=1S/C23H33N3.ClH/c1-7-17(3)19-9-13-21(14-10-19)25(5)23(24)26(6)22-15-11-20(12-16-22)18(4)8-2;/h9-18,24H,7-8H2,1-6H3;1H. The minimum Gasteiger partial charge on any atom is -0.316 e. The van der Waals surface area contributed by atoms with Crippen molar-refractivity contribution in [1.82, 2.24) is 0 Å². The predicted octanol–water partition coefficient (Wildman–Crippen LogP) is 6.64. The van der Waals surface area contributed by atoms with Gasteiger partial charge in [0.25, 0.3) is 0 Å². The topological polar surface area (TPSA) is 30.3 Å². The van der Waals surface area contributed by atoms with E-state index in [1.165, 1.54) is 11.1 Å². The summed E-state index contributed by atoms with van der Waals surface area (Å²) < 4.78 is 0. The third-order valence-electron chi connectivity index (χ3n) is 5.56. The summed E-state index contributed by atoms with van der Waals surface area (Å²) in [5.41, 5.74) is 4.77. The fourth-order valence-corrected chi connectivity index (χ4v) is 2.99. The third kappa shape index (κ3) is 5.49. The summed E-state index contributed by atoms with van der Waals surface area (Å²) in [4.78, 5) is 3.84. The molecule has 0 aliphatic heterocycles. The normalized spacial score (nSPS) is 12.7. The van der Waals surface area contributed by atoms with Gasteiger partial charge in [0.05, 0.1) is 0 Å². The van der Waals surface area contributed by atoms with Crippen molar-refractivity contribution in [1.29, 1.82) is 5.41 Å². The molecule has 2 aromatic rings. The van der Waals surface area contributed by atoms with E-state index in [9.17, 15) is 0 Å². The van der Waals surface area contributed by atoms with Gasteiger partial charge in [-0.2, -0.15) is 0 Å². The van der Waals surface area contributed by atoms with Crippen LogP contribution in [0.1, 0.15) is 63.5 Å². The van der Waals surface area contributed by atoms with Gasteiger partial charge in [-0.1, -0.05) is 52.0 Å². The highest BCUT2D eigenvalue weighted by Gasteiger charge is 2.14. The number of nitrogens with one attached hydrogen (secondary N) is 1. The minimum absolute atomic E-state index is 0. The van der Waals surface area contributed by atoms with Gasteiger partial charge < -0.3 is 9.80 Å². The Morgan fingerprint density at radius 2 is 1.04 bits per heavy atom. The molecule has 0 fully saturated rings. The average Bonchev–Trinajstić information content (AvgIpc) is 2.71. The van der Waals surface area contributed by atoms with Gasteiger partial charge in [-0.3, -0.25) is 5.41 Å². The number of benzene rings is 2. The fourth-order valence-electron chi connectivity index (χ4n) is 2.99. The first-order valence-corrected chi connectivity index (χ1v) is 9.64. The number of halogens is 1. The lowest BCUT2D eigenvalue weighted by Crippen LogP contribution is -2.39. The molecule has 2 atom stereocenters. The molecule has 0 aliphatic carbocycles. The number of hydrogen-bond acceptors (Lipinski definition) is 1. The monoisotopic (exact) mass is 387 g/mol. The van der Waals surface area contributed by atoms with Crippen molar-refractivity contribution in [3.8, 4) is 0 Å². The van der Waals surface area contributed by atoms with Crippen molar-refractivity contribution in [3.63, 3.8) is 0 Å². The molecule has 0 saturated heterocycles. The highest BCUT2D eigenvalue weighted by molar-refractivity contribution is 6.04. The van der Waals surface area contributed by atoms with Gasteiger partial charge in [-0.25, -0.2) is 0 Å². The predicted molar refractivity (Wildman–Crippen MR) is 122 cm³/mol. The van der Waals surface area contributed by atoms with E-state index in [1.807, 2.05) is 23.9 Å². The summed E-state index contributed by atoms with van der Waals surface area (Å²) in [6.45, 7) is 8.92. The second kappa shape index (κ2) is 10.4. The zero-order valence-electron chi connectivity index (χ0n) is 17.5. The quantitative estimate of drug-likeness (QED) is 0.444. The molecule has 1 N–H and O–H groups in total. The van der Waals surface area contributed by atoms with Gasteiger partial charge in [-0.05, 0) is 60.1 Å². The van der Waals surface area contributed by atoms with Crippen molar-refractivity contribution in [3.05, 3.63) is 59.7 Å². The van der Waals surface area contributed by atoms with Crippen LogP contribution in [-0.2, 0) is 0 Å². The van der Waals surface area contributed by atoms with Crippen molar-refractivity contribution in [2.45, 2.75) is 52.4 Å². The summed E-state index contributed by atoms with van der Waals surface area (Å²) in [5, 5.41) is 8.58. The molecule has 2 rings (SSSR count). The molecule has 2 unspecified atom stereocenters. The first-order valence-electron chi connectivity index (χ1n) is 9.64. The SMILES string of the molecule is CCC(C)c1ccc(N(C)C(=N)N(C)c2ccc(C(C)CC)cc2)cc1.Cl. The number of rotatable bonds is 6. The zero-order valence-corrected chi connectivity index (χ0v) is 18.3. The first kappa shape index (κ1) is 23.0. The van der Waals surface area contributed by atoms with Gasteiger partial charge in [0.15, 0.2) is 0 Å². The van der Waals surface area contributed by atoms with Gasteiger partial charge >= 0.3 is 0 Å². The lowest BCUT2D eigenvalue weighted by Gasteiger charge is -2.28. The smallest absolute Gasteiger partial charge is 0.202 e. The van der Waals surface area contributed by atoms with Crippen molar-refractivity contribution in [2.24, 2.45) is 0 Å². The van der Waals surface area contributed by atoms with Gasteiger partial charge in [0.2, 0.25) is 5.96 Å². The van der Waals surface area contributed by atoms with E-state index in [2.05, 4.69) is 76.2 Å². The fraction of sp³-hybridized carbons (Fsp3) is 0.435. The molecule has 0 saturated carbocycles. The van der Waals surface area contributed by atoms with E-state index in [4.69, 9.17) is 5.41 Å². The largest absolute Gasteiger partial charge is 0.316 e. The summed E-state index contributed by atoms with van der Waals surface area (Å²) in [5.74, 6) is 1.60. The van der Waals surface area contributed by atoms with Crippen molar-refractivity contribution < 1.29 is 0 Å². The maximum atomic E-state index is 8.58. The molecule has 3 nitrogen and oxygen atoms in total. The number of guanidine groups is 1. The lowest BCUT2D eigenvalue weighted by atomic mass is 9.98. The number of anilines is 2. The molecule has 0 aromatic heterocycles. The lowest BCUT2D eigenvalue weighted by molar-refractivity contribution is 0.733. The van der Waals surface area contributed by atoms with Crippen molar-refractivity contribution in [2.75, 3.05) is 23.9 Å². The van der Waals surface area contributed by atoms with E-state index in [0.717, 1.165) is 24.2 Å². The van der Waals surface area contributed by atoms with Crippen LogP contribution in [0.5, 0.6) is 0 Å². The molecule has 0 amide bonds. The van der Waals surface area contributed by atoms with Crippen LogP contribution in [0.2, 0.25) is 0 Å². The Kier molecular flexibility index (Phi) is 8.84. The molecular formula is C23H34ClN3. The summed E-state index contributed by atoms with van der Waals surface area (Å²) in [6.07, 6.45) is 2.28. The molecule has 2 aromatic carbocycles. The van der Waals surface area contributed by atoms with Crippen LogP contribution in [0.4, 0.5) is 11.4 Å². The van der Waals surface area contributed by atoms with E-state index in [-0.39, 0.29) is 12.4 Å². The van der Waals surface area contributed by atoms with Gasteiger partial charge in [0, 0.05) is 25.5 Å². The Balaban J connectivity index is 0.00000364. The Morgan fingerprint density at radius 3 is 1.30 bits per heavy atom. The molecule has 27 heavy (non-hydrogen) atoms. The first-order chi connectivity index (χ1) is 12.4. The molecule has 0 spiro atoms. The molecule has 148 valence electrons. The van der Waals surface area contributed by atoms with Gasteiger partial charge in [-0.15, -0.1) is 12.4 Å². The molecule has 0 bridgehead atoms. The van der Waals surface area contributed by atoms with E-state index in [0.29, 0.717) is 17.8 Å². The maximum Gasteiger partial charge on any atom is 0.202 e.